The van der Waals surface area contributed by atoms with Crippen molar-refractivity contribution in [2.45, 2.75) is 78.6 Å². The van der Waals surface area contributed by atoms with Crippen LogP contribution in [-0.4, -0.2) is 17.0 Å². The maximum Gasteiger partial charge on any atom is 0.177 e. The molecule has 4 saturated carbocycles. The van der Waals surface area contributed by atoms with Gasteiger partial charge in [0.2, 0.25) is 0 Å². The summed E-state index contributed by atoms with van der Waals surface area (Å²) in [7, 11) is 0. The molecule has 0 saturated heterocycles. The van der Waals surface area contributed by atoms with Crippen molar-refractivity contribution >= 4 is 0 Å². The molecule has 23 heavy (non-hydrogen) atoms. The molecule has 0 radical (unpaired) electrons. The second kappa shape index (κ2) is 4.83. The lowest BCUT2D eigenvalue weighted by Crippen LogP contribution is -2.51. The first-order chi connectivity index (χ1) is 10.5. The molecule has 0 aliphatic heterocycles. The first kappa shape index (κ1) is 17.0. The fourth-order valence-electron chi connectivity index (χ4n) is 6.21. The molecular weight excluding hydrogens is 286 g/mol. The normalized spacial score (nSPS) is 40.2. The second-order valence-electron chi connectivity index (χ2n) is 9.59. The summed E-state index contributed by atoms with van der Waals surface area (Å²) < 4.78 is 6.09. The topological polar surface area (TPSA) is 53.2 Å². The fraction of sp³-hybridized carbons (Fsp3) is 0.850. The Morgan fingerprint density at radius 2 is 1.96 bits per heavy atom. The minimum atomic E-state index is -0.906. The van der Waals surface area contributed by atoms with Crippen molar-refractivity contribution in [3.8, 4) is 6.07 Å². The van der Waals surface area contributed by atoms with Crippen LogP contribution in [0.2, 0.25) is 0 Å². The van der Waals surface area contributed by atoms with Crippen molar-refractivity contribution in [1.82, 2.24) is 0 Å². The molecule has 5 unspecified atom stereocenters. The summed E-state index contributed by atoms with van der Waals surface area (Å²) in [6, 6.07) is 2.61. The zero-order valence-electron chi connectivity index (χ0n) is 15.3. The van der Waals surface area contributed by atoms with Gasteiger partial charge in [-0.3, -0.25) is 0 Å². The molecule has 0 heterocycles. The maximum absolute atomic E-state index is 10.2. The van der Waals surface area contributed by atoms with Gasteiger partial charge in [-0.25, -0.2) is 0 Å². The van der Waals surface area contributed by atoms with Crippen molar-refractivity contribution in [3.05, 3.63) is 12.2 Å². The first-order valence-corrected chi connectivity index (χ1v) is 8.91. The van der Waals surface area contributed by atoms with Crippen LogP contribution in [0.5, 0.6) is 0 Å². The molecule has 128 valence electrons. The van der Waals surface area contributed by atoms with Gasteiger partial charge in [-0.05, 0) is 89.5 Å². The van der Waals surface area contributed by atoms with E-state index in [0.29, 0.717) is 17.4 Å². The smallest absolute Gasteiger partial charge is 0.177 e. The quantitative estimate of drug-likeness (QED) is 0.603. The number of hydrogen-bond donors (Lipinski definition) is 1. The van der Waals surface area contributed by atoms with Crippen molar-refractivity contribution in [3.63, 3.8) is 0 Å². The van der Waals surface area contributed by atoms with E-state index in [2.05, 4.69) is 40.3 Å². The van der Waals surface area contributed by atoms with E-state index in [1.165, 1.54) is 19.3 Å². The summed E-state index contributed by atoms with van der Waals surface area (Å²) in [5.41, 5.74) is 0.147. The van der Waals surface area contributed by atoms with Gasteiger partial charge in [0.25, 0.3) is 0 Å². The van der Waals surface area contributed by atoms with Crippen LogP contribution >= 0.6 is 0 Å². The molecule has 1 N–H and O–H groups in total. The van der Waals surface area contributed by atoms with Gasteiger partial charge in [-0.15, -0.1) is 0 Å². The molecule has 4 rings (SSSR count). The summed E-state index contributed by atoms with van der Waals surface area (Å²) in [6.45, 7) is 14.1. The van der Waals surface area contributed by atoms with Crippen LogP contribution in [0.15, 0.2) is 12.2 Å². The lowest BCUT2D eigenvalue weighted by atomic mass is 9.55. The highest BCUT2D eigenvalue weighted by molar-refractivity contribution is 5.24. The molecule has 0 aromatic carbocycles. The predicted octanol–water partition coefficient (Wildman–Crippen LogP) is 4.42. The Balaban J connectivity index is 1.94. The highest BCUT2D eigenvalue weighted by atomic mass is 16.6. The Bertz CT molecular complexity index is 573. The summed E-state index contributed by atoms with van der Waals surface area (Å²) >= 11 is 0. The SMILES string of the molecule is C=C(C)C(O)OC(C)(C)C12CC3CC(C1)C(C(C)(C)C#N)(C3)C2. The Labute approximate surface area is 140 Å². The van der Waals surface area contributed by atoms with Crippen LogP contribution in [0, 0.1) is 39.4 Å². The van der Waals surface area contributed by atoms with E-state index in [-0.39, 0.29) is 16.2 Å². The van der Waals surface area contributed by atoms with E-state index >= 15 is 0 Å². The minimum Gasteiger partial charge on any atom is -0.364 e. The van der Waals surface area contributed by atoms with Crippen LogP contribution in [0.25, 0.3) is 0 Å². The van der Waals surface area contributed by atoms with Crippen molar-refractivity contribution < 1.29 is 9.84 Å². The van der Waals surface area contributed by atoms with Crippen LogP contribution in [0.4, 0.5) is 0 Å². The standard InChI is InChI=1S/C20H31NO2/c1-13(2)16(22)23-18(5,6)19-8-14-7-15(10-19)20(9-14,11-19)17(3,4)12-21/h14-16,22H,1,7-11H2,2-6H3. The third-order valence-electron chi connectivity index (χ3n) is 7.65. The van der Waals surface area contributed by atoms with Gasteiger partial charge in [0.1, 0.15) is 0 Å². The highest BCUT2D eigenvalue weighted by Gasteiger charge is 2.71. The zero-order chi connectivity index (χ0) is 17.3. The number of ether oxygens (including phenoxy) is 1. The van der Waals surface area contributed by atoms with Gasteiger partial charge in [0.15, 0.2) is 6.29 Å². The van der Waals surface area contributed by atoms with Crippen molar-refractivity contribution in [2.24, 2.45) is 28.1 Å². The third-order valence-corrected chi connectivity index (χ3v) is 7.65. The number of nitrogens with zero attached hydrogens (tertiary/aromatic N) is 1. The summed E-state index contributed by atoms with van der Waals surface area (Å²) in [5, 5.41) is 20.0. The average Bonchev–Trinajstić information content (AvgIpc) is 2.83. The Morgan fingerprint density at radius 3 is 2.52 bits per heavy atom. The molecule has 0 amide bonds. The second-order valence-corrected chi connectivity index (χ2v) is 9.59. The summed E-state index contributed by atoms with van der Waals surface area (Å²) in [4.78, 5) is 0. The van der Waals surface area contributed by atoms with Crippen molar-refractivity contribution in [1.29, 1.82) is 5.26 Å². The van der Waals surface area contributed by atoms with Crippen LogP contribution in [0.1, 0.15) is 66.7 Å². The molecule has 3 nitrogen and oxygen atoms in total. The largest absolute Gasteiger partial charge is 0.364 e. The molecule has 5 atom stereocenters. The molecule has 0 aromatic rings. The van der Waals surface area contributed by atoms with Crippen LogP contribution in [0.3, 0.4) is 0 Å². The lowest BCUT2D eigenvalue weighted by molar-refractivity contribution is -0.213. The van der Waals surface area contributed by atoms with Gasteiger partial charge < -0.3 is 9.84 Å². The molecular formula is C20H31NO2. The maximum atomic E-state index is 10.2. The first-order valence-electron chi connectivity index (χ1n) is 8.91. The average molecular weight is 317 g/mol. The van der Waals surface area contributed by atoms with Crippen LogP contribution < -0.4 is 0 Å². The number of aliphatic hydroxyl groups excluding tert-OH is 1. The summed E-state index contributed by atoms with van der Waals surface area (Å²) in [5.74, 6) is 1.33. The van der Waals surface area contributed by atoms with E-state index in [1.54, 1.807) is 6.92 Å². The van der Waals surface area contributed by atoms with E-state index in [1.807, 2.05) is 0 Å². The highest BCUT2D eigenvalue weighted by Crippen LogP contribution is 2.77. The summed E-state index contributed by atoms with van der Waals surface area (Å²) in [6.07, 6.45) is 4.91. The van der Waals surface area contributed by atoms with Gasteiger partial charge in [-0.1, -0.05) is 6.58 Å². The molecule has 4 aliphatic rings. The molecule has 3 heteroatoms. The fourth-order valence-corrected chi connectivity index (χ4v) is 6.21. The third kappa shape index (κ3) is 2.14. The predicted molar refractivity (Wildman–Crippen MR) is 90.3 cm³/mol. The van der Waals surface area contributed by atoms with E-state index in [0.717, 1.165) is 12.8 Å². The molecule has 4 bridgehead atoms. The van der Waals surface area contributed by atoms with Crippen molar-refractivity contribution in [2.75, 3.05) is 0 Å². The van der Waals surface area contributed by atoms with Gasteiger partial charge in [-0.2, -0.15) is 5.26 Å². The number of nitriles is 1. The van der Waals surface area contributed by atoms with Crippen LogP contribution in [-0.2, 0) is 4.74 Å². The van der Waals surface area contributed by atoms with Gasteiger partial charge in [0, 0.05) is 5.41 Å². The Hall–Kier alpha value is -0.850. The molecule has 4 aliphatic carbocycles. The lowest BCUT2D eigenvalue weighted by Gasteiger charge is -2.52. The van der Waals surface area contributed by atoms with E-state index in [4.69, 9.17) is 4.74 Å². The zero-order valence-corrected chi connectivity index (χ0v) is 15.3. The number of rotatable bonds is 5. The minimum absolute atomic E-state index is 0.0728. The van der Waals surface area contributed by atoms with Gasteiger partial charge in [0.05, 0.1) is 17.1 Å². The van der Waals surface area contributed by atoms with Gasteiger partial charge >= 0.3 is 0 Å². The number of hydrogen-bond acceptors (Lipinski definition) is 3. The number of aliphatic hydroxyl groups is 1. The van der Waals surface area contributed by atoms with E-state index in [9.17, 15) is 10.4 Å². The molecule has 0 spiro atoms. The Morgan fingerprint density at radius 1 is 1.30 bits per heavy atom. The molecule has 4 fully saturated rings. The van der Waals surface area contributed by atoms with E-state index < -0.39 is 11.9 Å². The monoisotopic (exact) mass is 317 g/mol. The molecule has 0 aromatic heterocycles. The Kier molecular flexibility index (Phi) is 3.57.